The topological polar surface area (TPSA) is 94.7 Å². The quantitative estimate of drug-likeness (QED) is 0.843. The van der Waals surface area contributed by atoms with E-state index in [9.17, 15) is 14.7 Å². The summed E-state index contributed by atoms with van der Waals surface area (Å²) in [5.74, 6) is -0.932. The van der Waals surface area contributed by atoms with Crippen molar-refractivity contribution in [1.29, 1.82) is 0 Å². The van der Waals surface area contributed by atoms with Gasteiger partial charge in [-0.25, -0.2) is 0 Å². The summed E-state index contributed by atoms with van der Waals surface area (Å²) in [6, 6.07) is 2.57. The number of amides is 1. The number of nitrogens with one attached hydrogen (secondary N) is 1. The minimum absolute atomic E-state index is 0.0168. The van der Waals surface area contributed by atoms with Gasteiger partial charge in [0, 0.05) is 6.08 Å². The van der Waals surface area contributed by atoms with Crippen molar-refractivity contribution in [3.8, 4) is 0 Å². The molecule has 1 saturated heterocycles. The van der Waals surface area contributed by atoms with E-state index < -0.39 is 12.0 Å². The Balaban J connectivity index is 1.76. The first-order valence-corrected chi connectivity index (χ1v) is 8.48. The molecule has 0 radical (unpaired) electrons. The van der Waals surface area contributed by atoms with Crippen LogP contribution in [0.15, 0.2) is 32.7 Å². The Morgan fingerprint density at radius 2 is 2.22 bits per heavy atom. The van der Waals surface area contributed by atoms with Gasteiger partial charge in [0.05, 0.1) is 23.2 Å². The summed E-state index contributed by atoms with van der Waals surface area (Å²) in [6.07, 6.45) is 7.97. The summed E-state index contributed by atoms with van der Waals surface area (Å²) < 4.78 is 5.18. The first-order chi connectivity index (χ1) is 11.1. The molecule has 0 spiro atoms. The molecule has 1 aromatic rings. The molecule has 3 rings (SSSR count). The fraction of sp³-hybridized carbons (Fsp3) is 0.438. The second kappa shape index (κ2) is 7.04. The first-order valence-electron chi connectivity index (χ1n) is 7.66. The number of aliphatic imine (C=N–C) groups is 1. The van der Waals surface area contributed by atoms with Crippen LogP contribution in [0.25, 0.3) is 6.08 Å². The second-order valence-corrected chi connectivity index (χ2v) is 6.71. The monoisotopic (exact) mass is 333 g/mol. The molecule has 0 unspecified atom stereocenters. The molecule has 1 aromatic heterocycles. The summed E-state index contributed by atoms with van der Waals surface area (Å²) in [5.41, 5.74) is 0. The lowest BCUT2D eigenvalue weighted by atomic mass is 9.84. The largest absolute Gasteiger partial charge is 0.548 e. The highest BCUT2D eigenvalue weighted by atomic mass is 32.2. The van der Waals surface area contributed by atoms with Gasteiger partial charge in [0.2, 0.25) is 0 Å². The van der Waals surface area contributed by atoms with Gasteiger partial charge >= 0.3 is 0 Å². The van der Waals surface area contributed by atoms with Crippen molar-refractivity contribution in [1.82, 2.24) is 5.32 Å². The number of carboxylic acids is 1. The zero-order valence-electron chi connectivity index (χ0n) is 12.5. The maximum atomic E-state index is 12.0. The number of nitrogens with zero attached hydrogens (tertiary/aromatic N) is 1. The third-order valence-corrected chi connectivity index (χ3v) is 4.99. The SMILES string of the molecule is O=C1NC(=N[C@@H](C(=O)[O-])C2CCCCC2)S/C1=C/c1ccco1. The number of amidine groups is 1. The molecule has 6 nitrogen and oxygen atoms in total. The zero-order valence-corrected chi connectivity index (χ0v) is 13.3. The van der Waals surface area contributed by atoms with Crippen LogP contribution in [0.2, 0.25) is 0 Å². The molecule has 1 atom stereocenters. The minimum atomic E-state index is -1.18. The molecular weight excluding hydrogens is 316 g/mol. The van der Waals surface area contributed by atoms with E-state index in [4.69, 9.17) is 4.42 Å². The van der Waals surface area contributed by atoms with Gasteiger partial charge in [-0.15, -0.1) is 0 Å². The molecule has 122 valence electrons. The molecule has 2 aliphatic rings. The summed E-state index contributed by atoms with van der Waals surface area (Å²) in [4.78, 5) is 28.1. The summed E-state index contributed by atoms with van der Waals surface area (Å²) >= 11 is 1.13. The minimum Gasteiger partial charge on any atom is -0.548 e. The molecular formula is C16H17N2O4S-. The van der Waals surface area contributed by atoms with Gasteiger partial charge in [-0.2, -0.15) is 0 Å². The van der Waals surface area contributed by atoms with Gasteiger partial charge in [0.1, 0.15) is 5.76 Å². The van der Waals surface area contributed by atoms with Crippen LogP contribution >= 0.6 is 11.8 Å². The fourth-order valence-electron chi connectivity index (χ4n) is 2.92. The maximum Gasteiger partial charge on any atom is 0.264 e. The Morgan fingerprint density at radius 1 is 1.43 bits per heavy atom. The van der Waals surface area contributed by atoms with E-state index in [0.29, 0.717) is 15.8 Å². The van der Waals surface area contributed by atoms with E-state index in [2.05, 4.69) is 10.3 Å². The maximum absolute atomic E-state index is 12.0. The van der Waals surface area contributed by atoms with Crippen molar-refractivity contribution in [3.05, 3.63) is 29.1 Å². The van der Waals surface area contributed by atoms with Crippen LogP contribution in [0.4, 0.5) is 0 Å². The standard InChI is InChI=1S/C16H18N2O4S/c19-14-12(9-11-7-4-8-22-11)23-16(18-14)17-13(15(20)21)10-5-2-1-3-6-10/h4,7-10,13H,1-3,5-6H2,(H,20,21)(H,17,18,19)/p-1/b12-9+/t13-/m1/s1. The molecule has 1 saturated carbocycles. The molecule has 2 fully saturated rings. The lowest BCUT2D eigenvalue weighted by molar-refractivity contribution is -0.308. The predicted octanol–water partition coefficient (Wildman–Crippen LogP) is 1.54. The highest BCUT2D eigenvalue weighted by molar-refractivity contribution is 8.18. The molecule has 1 N–H and O–H groups in total. The van der Waals surface area contributed by atoms with Crippen LogP contribution in [-0.2, 0) is 9.59 Å². The molecule has 0 bridgehead atoms. The predicted molar refractivity (Wildman–Crippen MR) is 85.2 cm³/mol. The lowest BCUT2D eigenvalue weighted by Gasteiger charge is -2.28. The van der Waals surface area contributed by atoms with Gasteiger partial charge in [-0.1, -0.05) is 19.3 Å². The van der Waals surface area contributed by atoms with E-state index in [1.165, 1.54) is 6.26 Å². The average molecular weight is 333 g/mol. The second-order valence-electron chi connectivity index (χ2n) is 5.68. The Morgan fingerprint density at radius 3 is 2.87 bits per heavy atom. The summed E-state index contributed by atoms with van der Waals surface area (Å²) in [6.45, 7) is 0. The van der Waals surface area contributed by atoms with Crippen LogP contribution < -0.4 is 10.4 Å². The molecule has 1 aliphatic heterocycles. The fourth-order valence-corrected chi connectivity index (χ4v) is 3.75. The van der Waals surface area contributed by atoms with Crippen LogP contribution in [-0.4, -0.2) is 23.1 Å². The molecule has 7 heteroatoms. The van der Waals surface area contributed by atoms with E-state index in [-0.39, 0.29) is 11.8 Å². The van der Waals surface area contributed by atoms with E-state index >= 15 is 0 Å². The van der Waals surface area contributed by atoms with Crippen LogP contribution in [0.5, 0.6) is 0 Å². The van der Waals surface area contributed by atoms with Crippen molar-refractivity contribution < 1.29 is 19.1 Å². The molecule has 2 heterocycles. The van der Waals surface area contributed by atoms with Crippen molar-refractivity contribution in [2.24, 2.45) is 10.9 Å². The smallest absolute Gasteiger partial charge is 0.264 e. The normalized spacial score (nSPS) is 24.1. The van der Waals surface area contributed by atoms with Gasteiger partial charge < -0.3 is 19.6 Å². The van der Waals surface area contributed by atoms with Crippen molar-refractivity contribution >= 4 is 34.9 Å². The first kappa shape index (κ1) is 15.9. The van der Waals surface area contributed by atoms with Crippen LogP contribution in [0.3, 0.4) is 0 Å². The van der Waals surface area contributed by atoms with Gasteiger partial charge in [-0.05, 0) is 42.7 Å². The van der Waals surface area contributed by atoms with Gasteiger partial charge in [-0.3, -0.25) is 9.79 Å². The molecule has 1 amide bonds. The Hall–Kier alpha value is -2.02. The van der Waals surface area contributed by atoms with Crippen molar-refractivity contribution in [2.45, 2.75) is 38.1 Å². The molecule has 1 aliphatic carbocycles. The lowest BCUT2D eigenvalue weighted by Crippen LogP contribution is -2.41. The molecule has 0 aromatic carbocycles. The van der Waals surface area contributed by atoms with Gasteiger partial charge in [0.15, 0.2) is 5.17 Å². The number of rotatable bonds is 4. The van der Waals surface area contributed by atoms with E-state index in [1.54, 1.807) is 18.2 Å². The number of thioether (sulfide) groups is 1. The highest BCUT2D eigenvalue weighted by Crippen LogP contribution is 2.31. The third-order valence-electron chi connectivity index (χ3n) is 4.06. The van der Waals surface area contributed by atoms with E-state index in [0.717, 1.165) is 43.9 Å². The number of hydrogen-bond donors (Lipinski definition) is 1. The highest BCUT2D eigenvalue weighted by Gasteiger charge is 2.29. The Bertz CT molecular complexity index is 645. The van der Waals surface area contributed by atoms with E-state index in [1.807, 2.05) is 0 Å². The average Bonchev–Trinajstić information content (AvgIpc) is 3.16. The summed E-state index contributed by atoms with van der Waals surface area (Å²) in [7, 11) is 0. The molecule has 23 heavy (non-hydrogen) atoms. The van der Waals surface area contributed by atoms with Crippen molar-refractivity contribution in [2.75, 3.05) is 0 Å². The Kier molecular flexibility index (Phi) is 4.85. The van der Waals surface area contributed by atoms with Gasteiger partial charge in [0.25, 0.3) is 5.91 Å². The number of carboxylic acid groups (broad SMARTS) is 1. The van der Waals surface area contributed by atoms with Crippen LogP contribution in [0, 0.1) is 5.92 Å². The number of carbonyl (C=O) groups excluding carboxylic acids is 2. The zero-order chi connectivity index (χ0) is 16.2. The number of aliphatic carboxylic acids is 1. The number of hydrogen-bond acceptors (Lipinski definition) is 6. The number of furan rings is 1. The third kappa shape index (κ3) is 3.85. The van der Waals surface area contributed by atoms with Crippen molar-refractivity contribution in [3.63, 3.8) is 0 Å². The van der Waals surface area contributed by atoms with Crippen LogP contribution in [0.1, 0.15) is 37.9 Å². The summed E-state index contributed by atoms with van der Waals surface area (Å²) in [5, 5.41) is 14.4. The number of carbonyl (C=O) groups is 2. The Labute approximate surface area is 138 Å².